The maximum Gasteiger partial charge on any atom is 0.0112 e. The number of hydrogen-bond donors (Lipinski definition) is 1. The van der Waals surface area contributed by atoms with Crippen LogP contribution in [-0.4, -0.2) is 62.2 Å². The lowest BCUT2D eigenvalue weighted by Crippen LogP contribution is -2.43. The van der Waals surface area contributed by atoms with Crippen LogP contribution in [0.4, 0.5) is 0 Å². The van der Waals surface area contributed by atoms with Gasteiger partial charge >= 0.3 is 0 Å². The molecule has 0 aromatic carbocycles. The normalized spacial score (nSPS) is 15.5. The minimum absolute atomic E-state index is 0.615. The first-order valence-electron chi connectivity index (χ1n) is 7.98. The van der Waals surface area contributed by atoms with Crippen LogP contribution in [0.2, 0.25) is 0 Å². The summed E-state index contributed by atoms with van der Waals surface area (Å²) in [5, 5.41) is 3.60. The van der Waals surface area contributed by atoms with Gasteiger partial charge in [0.25, 0.3) is 0 Å². The van der Waals surface area contributed by atoms with Crippen LogP contribution in [0.3, 0.4) is 0 Å². The van der Waals surface area contributed by atoms with Gasteiger partial charge in [-0.05, 0) is 53.2 Å². The van der Waals surface area contributed by atoms with Gasteiger partial charge in [-0.1, -0.05) is 20.8 Å². The van der Waals surface area contributed by atoms with Gasteiger partial charge in [-0.3, -0.25) is 4.90 Å². The van der Waals surface area contributed by atoms with Crippen LogP contribution in [0.25, 0.3) is 0 Å². The number of nitrogens with zero attached hydrogens (tertiary/aromatic N) is 2. The van der Waals surface area contributed by atoms with Gasteiger partial charge in [0.2, 0.25) is 0 Å². The Labute approximate surface area is 121 Å². The molecule has 19 heavy (non-hydrogen) atoms. The molecule has 3 heteroatoms. The summed E-state index contributed by atoms with van der Waals surface area (Å²) in [6, 6.07) is 1.27. The number of nitrogens with one attached hydrogen (secondary N) is 1. The standard InChI is InChI=1S/C16H37N3/c1-8-9-17-15(4)12-16(5)19(13-14(2)3)11-10-18(6)7/h14-17H,8-13H2,1-7H3. The van der Waals surface area contributed by atoms with E-state index >= 15 is 0 Å². The summed E-state index contributed by atoms with van der Waals surface area (Å²) in [7, 11) is 4.31. The first-order chi connectivity index (χ1) is 8.86. The maximum absolute atomic E-state index is 3.60. The molecule has 0 spiro atoms. The molecule has 0 saturated carbocycles. The highest BCUT2D eigenvalue weighted by molar-refractivity contribution is 4.74. The van der Waals surface area contributed by atoms with Crippen LogP contribution >= 0.6 is 0 Å². The summed E-state index contributed by atoms with van der Waals surface area (Å²) in [6.45, 7) is 16.2. The summed E-state index contributed by atoms with van der Waals surface area (Å²) in [4.78, 5) is 4.92. The molecule has 0 radical (unpaired) electrons. The molecule has 0 fully saturated rings. The Hall–Kier alpha value is -0.120. The number of rotatable bonds is 11. The fourth-order valence-electron chi connectivity index (χ4n) is 2.42. The fourth-order valence-corrected chi connectivity index (χ4v) is 2.42. The second kappa shape index (κ2) is 10.6. The molecule has 0 aliphatic rings. The summed E-state index contributed by atoms with van der Waals surface area (Å²) >= 11 is 0. The van der Waals surface area contributed by atoms with Crippen molar-refractivity contribution < 1.29 is 0 Å². The zero-order valence-corrected chi connectivity index (χ0v) is 14.4. The molecular formula is C16H37N3. The molecule has 2 atom stereocenters. The van der Waals surface area contributed by atoms with Crippen molar-refractivity contribution in [3.63, 3.8) is 0 Å². The molecule has 0 amide bonds. The van der Waals surface area contributed by atoms with Gasteiger partial charge in [0.05, 0.1) is 0 Å². The third-order valence-corrected chi connectivity index (χ3v) is 3.49. The van der Waals surface area contributed by atoms with E-state index in [1.165, 1.54) is 25.9 Å². The largest absolute Gasteiger partial charge is 0.314 e. The average Bonchev–Trinajstić information content (AvgIpc) is 2.31. The van der Waals surface area contributed by atoms with Crippen molar-refractivity contribution in [2.45, 2.75) is 59.5 Å². The second-order valence-electron chi connectivity index (χ2n) is 6.63. The number of hydrogen-bond acceptors (Lipinski definition) is 3. The number of likely N-dealkylation sites (N-methyl/N-ethyl adjacent to an activating group) is 1. The Bertz CT molecular complexity index is 204. The lowest BCUT2D eigenvalue weighted by molar-refractivity contribution is 0.155. The van der Waals surface area contributed by atoms with Crippen molar-refractivity contribution in [1.82, 2.24) is 15.1 Å². The van der Waals surface area contributed by atoms with Gasteiger partial charge in [-0.25, -0.2) is 0 Å². The van der Waals surface area contributed by atoms with E-state index in [4.69, 9.17) is 0 Å². The van der Waals surface area contributed by atoms with Crippen LogP contribution in [0, 0.1) is 5.92 Å². The Kier molecular flexibility index (Phi) is 10.6. The molecule has 0 saturated heterocycles. The maximum atomic E-state index is 3.60. The topological polar surface area (TPSA) is 18.5 Å². The van der Waals surface area contributed by atoms with Crippen LogP contribution in [0.15, 0.2) is 0 Å². The van der Waals surface area contributed by atoms with E-state index < -0.39 is 0 Å². The fraction of sp³-hybridized carbons (Fsp3) is 1.00. The molecule has 0 aliphatic heterocycles. The minimum atomic E-state index is 0.615. The van der Waals surface area contributed by atoms with Crippen molar-refractivity contribution in [3.8, 4) is 0 Å². The summed E-state index contributed by atoms with van der Waals surface area (Å²) in [5.74, 6) is 0.739. The summed E-state index contributed by atoms with van der Waals surface area (Å²) in [6.07, 6.45) is 2.45. The molecule has 0 bridgehead atoms. The zero-order chi connectivity index (χ0) is 14.8. The van der Waals surface area contributed by atoms with Crippen LogP contribution in [0.5, 0.6) is 0 Å². The monoisotopic (exact) mass is 271 g/mol. The van der Waals surface area contributed by atoms with Gasteiger partial charge in [0.15, 0.2) is 0 Å². The molecule has 0 aromatic heterocycles. The van der Waals surface area contributed by atoms with Crippen LogP contribution < -0.4 is 5.32 Å². The molecule has 116 valence electrons. The highest BCUT2D eigenvalue weighted by Crippen LogP contribution is 2.10. The molecule has 2 unspecified atom stereocenters. The van der Waals surface area contributed by atoms with E-state index in [-0.39, 0.29) is 0 Å². The van der Waals surface area contributed by atoms with Gasteiger partial charge in [0.1, 0.15) is 0 Å². The van der Waals surface area contributed by atoms with E-state index in [1.54, 1.807) is 0 Å². The molecule has 1 N–H and O–H groups in total. The van der Waals surface area contributed by atoms with Crippen molar-refractivity contribution in [3.05, 3.63) is 0 Å². The molecule has 3 nitrogen and oxygen atoms in total. The first-order valence-corrected chi connectivity index (χ1v) is 7.98. The second-order valence-corrected chi connectivity index (χ2v) is 6.63. The van der Waals surface area contributed by atoms with E-state index in [0.717, 1.165) is 19.0 Å². The van der Waals surface area contributed by atoms with E-state index in [1.807, 2.05) is 0 Å². The predicted molar refractivity (Wildman–Crippen MR) is 86.8 cm³/mol. The van der Waals surface area contributed by atoms with E-state index in [2.05, 4.69) is 63.8 Å². The lowest BCUT2D eigenvalue weighted by atomic mass is 10.1. The molecule has 0 heterocycles. The Morgan fingerprint density at radius 1 is 1.00 bits per heavy atom. The molecule has 0 aliphatic carbocycles. The van der Waals surface area contributed by atoms with Gasteiger partial charge in [-0.15, -0.1) is 0 Å². The first kappa shape index (κ1) is 18.9. The van der Waals surface area contributed by atoms with Crippen LogP contribution in [0.1, 0.15) is 47.5 Å². The third kappa shape index (κ3) is 10.3. The Balaban J connectivity index is 4.23. The van der Waals surface area contributed by atoms with E-state index in [9.17, 15) is 0 Å². The predicted octanol–water partition coefficient (Wildman–Crippen LogP) is 2.67. The van der Waals surface area contributed by atoms with Crippen molar-refractivity contribution in [1.29, 1.82) is 0 Å². The van der Waals surface area contributed by atoms with Crippen molar-refractivity contribution >= 4 is 0 Å². The Morgan fingerprint density at radius 3 is 2.11 bits per heavy atom. The molecule has 0 aromatic rings. The highest BCUT2D eigenvalue weighted by Gasteiger charge is 2.17. The van der Waals surface area contributed by atoms with Crippen molar-refractivity contribution in [2.75, 3.05) is 40.3 Å². The highest BCUT2D eigenvalue weighted by atomic mass is 15.2. The minimum Gasteiger partial charge on any atom is -0.314 e. The van der Waals surface area contributed by atoms with Crippen LogP contribution in [-0.2, 0) is 0 Å². The quantitative estimate of drug-likeness (QED) is 0.623. The molecular weight excluding hydrogens is 234 g/mol. The van der Waals surface area contributed by atoms with Gasteiger partial charge < -0.3 is 10.2 Å². The summed E-state index contributed by atoms with van der Waals surface area (Å²) < 4.78 is 0. The SMILES string of the molecule is CCCNC(C)CC(C)N(CCN(C)C)CC(C)C. The third-order valence-electron chi connectivity index (χ3n) is 3.49. The van der Waals surface area contributed by atoms with E-state index in [0.29, 0.717) is 12.1 Å². The summed E-state index contributed by atoms with van der Waals surface area (Å²) in [5.41, 5.74) is 0. The Morgan fingerprint density at radius 2 is 1.63 bits per heavy atom. The average molecular weight is 271 g/mol. The van der Waals surface area contributed by atoms with Gasteiger partial charge in [0, 0.05) is 31.7 Å². The lowest BCUT2D eigenvalue weighted by Gasteiger charge is -2.33. The zero-order valence-electron chi connectivity index (χ0n) is 14.4. The molecule has 0 rings (SSSR count). The van der Waals surface area contributed by atoms with Gasteiger partial charge in [-0.2, -0.15) is 0 Å². The van der Waals surface area contributed by atoms with Crippen molar-refractivity contribution in [2.24, 2.45) is 5.92 Å². The smallest absolute Gasteiger partial charge is 0.0112 e.